The number of halogens is 5. The van der Waals surface area contributed by atoms with E-state index in [1.54, 1.807) is 0 Å². The fourth-order valence-electron chi connectivity index (χ4n) is 1.35. The molecule has 0 radical (unpaired) electrons. The predicted octanol–water partition coefficient (Wildman–Crippen LogP) is 2.78. The number of oxime groups is 1. The van der Waals surface area contributed by atoms with Gasteiger partial charge in [0.25, 0.3) is 0 Å². The van der Waals surface area contributed by atoms with Crippen molar-refractivity contribution in [2.75, 3.05) is 6.61 Å². The molecule has 0 spiro atoms. The second-order valence-corrected chi connectivity index (χ2v) is 3.82. The van der Waals surface area contributed by atoms with Gasteiger partial charge in [0, 0.05) is 12.0 Å². The Morgan fingerprint density at radius 2 is 1.80 bits per heavy atom. The van der Waals surface area contributed by atoms with Crippen LogP contribution in [0.4, 0.5) is 22.0 Å². The third-order valence-corrected chi connectivity index (χ3v) is 2.25. The summed E-state index contributed by atoms with van der Waals surface area (Å²) in [7, 11) is 0. The second-order valence-electron chi connectivity index (χ2n) is 3.82. The minimum Gasteiger partial charge on any atom is -0.488 e. The number of ether oxygens (including phenoxy) is 1. The van der Waals surface area contributed by atoms with E-state index in [2.05, 4.69) is 9.89 Å². The molecule has 3 N–H and O–H groups in total. The van der Waals surface area contributed by atoms with Gasteiger partial charge < -0.3 is 15.7 Å². The Morgan fingerprint density at radius 1 is 1.25 bits per heavy atom. The highest BCUT2D eigenvalue weighted by atomic mass is 19.4. The van der Waals surface area contributed by atoms with Gasteiger partial charge in [-0.15, -0.1) is 0 Å². The summed E-state index contributed by atoms with van der Waals surface area (Å²) in [6.45, 7) is -0.490. The van der Waals surface area contributed by atoms with E-state index < -0.39 is 48.8 Å². The molecule has 0 saturated carbocycles. The number of nitrogens with two attached hydrogens (primary N) is 1. The van der Waals surface area contributed by atoms with Crippen molar-refractivity contribution in [3.63, 3.8) is 0 Å². The van der Waals surface area contributed by atoms with Crippen molar-refractivity contribution in [3.05, 3.63) is 29.3 Å². The first-order valence-electron chi connectivity index (χ1n) is 5.41. The second kappa shape index (κ2) is 6.40. The monoisotopic (exact) mass is 298 g/mol. The number of hydrogen-bond acceptors (Lipinski definition) is 3. The molecule has 0 saturated heterocycles. The molecule has 1 aromatic carbocycles. The molecule has 0 aliphatic heterocycles. The third kappa shape index (κ3) is 4.56. The molecule has 1 aromatic rings. The van der Waals surface area contributed by atoms with Crippen molar-refractivity contribution in [2.45, 2.75) is 19.0 Å². The maximum absolute atomic E-state index is 13.5. The fraction of sp³-hybridized carbons (Fsp3) is 0.364. The molecule has 0 aliphatic rings. The van der Waals surface area contributed by atoms with Gasteiger partial charge in [0.05, 0.1) is 6.61 Å². The van der Waals surface area contributed by atoms with E-state index in [1.165, 1.54) is 0 Å². The number of alkyl halides is 3. The standard InChI is InChI=1S/C11H11F5N2O2/c12-7-4-6(10(17)18-19)5-8(13)9(7)20-3-1-2-11(14,15)16/h4-5,19H,1-3H2,(H2,17,18). The molecule has 4 nitrogen and oxygen atoms in total. The lowest BCUT2D eigenvalue weighted by Gasteiger charge is -2.10. The summed E-state index contributed by atoms with van der Waals surface area (Å²) in [6, 6.07) is 1.49. The Bertz CT molecular complexity index is 479. The Morgan fingerprint density at radius 3 is 2.25 bits per heavy atom. The van der Waals surface area contributed by atoms with Crippen molar-refractivity contribution in [2.24, 2.45) is 10.9 Å². The Labute approximate surface area is 110 Å². The van der Waals surface area contributed by atoms with Gasteiger partial charge in [0.2, 0.25) is 0 Å². The van der Waals surface area contributed by atoms with Crippen molar-refractivity contribution in [1.82, 2.24) is 0 Å². The molecule has 0 atom stereocenters. The average Bonchev–Trinajstić information content (AvgIpc) is 2.34. The molecule has 20 heavy (non-hydrogen) atoms. The summed E-state index contributed by atoms with van der Waals surface area (Å²) < 4.78 is 67.2. The minimum absolute atomic E-state index is 0.217. The van der Waals surface area contributed by atoms with E-state index in [0.717, 1.165) is 12.1 Å². The first-order valence-corrected chi connectivity index (χ1v) is 5.41. The van der Waals surface area contributed by atoms with Gasteiger partial charge in [0.1, 0.15) is 0 Å². The van der Waals surface area contributed by atoms with Crippen molar-refractivity contribution in [3.8, 4) is 5.75 Å². The highest BCUT2D eigenvalue weighted by Crippen LogP contribution is 2.25. The van der Waals surface area contributed by atoms with E-state index in [0.29, 0.717) is 0 Å². The van der Waals surface area contributed by atoms with Gasteiger partial charge in [-0.3, -0.25) is 0 Å². The van der Waals surface area contributed by atoms with Crippen LogP contribution in [0.5, 0.6) is 5.75 Å². The summed E-state index contributed by atoms with van der Waals surface area (Å²) in [5, 5.41) is 10.9. The van der Waals surface area contributed by atoms with Crippen LogP contribution in [0.25, 0.3) is 0 Å². The van der Waals surface area contributed by atoms with Crippen molar-refractivity contribution in [1.29, 1.82) is 0 Å². The van der Waals surface area contributed by atoms with Crippen LogP contribution in [0, 0.1) is 11.6 Å². The van der Waals surface area contributed by atoms with Crippen LogP contribution < -0.4 is 10.5 Å². The van der Waals surface area contributed by atoms with Crippen LogP contribution >= 0.6 is 0 Å². The first kappa shape index (κ1) is 16.0. The molecular formula is C11H11F5N2O2. The molecule has 0 aromatic heterocycles. The van der Waals surface area contributed by atoms with Gasteiger partial charge in [-0.25, -0.2) is 8.78 Å². The molecule has 0 aliphatic carbocycles. The van der Waals surface area contributed by atoms with Crippen molar-refractivity contribution >= 4 is 5.84 Å². The van der Waals surface area contributed by atoms with E-state index in [-0.39, 0.29) is 5.56 Å². The zero-order chi connectivity index (χ0) is 15.3. The summed E-state index contributed by atoms with van der Waals surface area (Å²) in [6.07, 6.45) is -5.89. The molecule has 0 bridgehead atoms. The van der Waals surface area contributed by atoms with Gasteiger partial charge >= 0.3 is 6.18 Å². The van der Waals surface area contributed by atoms with Crippen LogP contribution in [-0.4, -0.2) is 23.8 Å². The lowest BCUT2D eigenvalue weighted by Crippen LogP contribution is -2.15. The first-order chi connectivity index (χ1) is 9.24. The number of hydrogen-bond donors (Lipinski definition) is 2. The molecule has 0 unspecified atom stereocenters. The molecule has 112 valence electrons. The minimum atomic E-state index is -4.35. The molecular weight excluding hydrogens is 287 g/mol. The van der Waals surface area contributed by atoms with Crippen LogP contribution in [-0.2, 0) is 0 Å². The highest BCUT2D eigenvalue weighted by molar-refractivity contribution is 5.97. The SMILES string of the molecule is N/C(=N/O)c1cc(F)c(OCCCC(F)(F)F)c(F)c1. The summed E-state index contributed by atoms with van der Waals surface area (Å²) in [5.41, 5.74) is 4.94. The quantitative estimate of drug-likeness (QED) is 0.219. The topological polar surface area (TPSA) is 67.8 Å². The van der Waals surface area contributed by atoms with Crippen LogP contribution in [0.1, 0.15) is 18.4 Å². The van der Waals surface area contributed by atoms with Crippen molar-refractivity contribution < 1.29 is 31.9 Å². The molecule has 0 heterocycles. The summed E-state index contributed by atoms with van der Waals surface area (Å²) >= 11 is 0. The Balaban J connectivity index is 2.72. The van der Waals surface area contributed by atoms with Gasteiger partial charge in [-0.1, -0.05) is 5.16 Å². The molecule has 1 rings (SSSR count). The van der Waals surface area contributed by atoms with E-state index >= 15 is 0 Å². The van der Waals surface area contributed by atoms with E-state index in [1.807, 2.05) is 0 Å². The van der Waals surface area contributed by atoms with E-state index in [9.17, 15) is 22.0 Å². The van der Waals surface area contributed by atoms with E-state index in [4.69, 9.17) is 10.9 Å². The van der Waals surface area contributed by atoms with Crippen LogP contribution in [0.3, 0.4) is 0 Å². The van der Waals surface area contributed by atoms with Crippen LogP contribution in [0.2, 0.25) is 0 Å². The molecule has 0 fully saturated rings. The highest BCUT2D eigenvalue weighted by Gasteiger charge is 2.26. The van der Waals surface area contributed by atoms with Gasteiger partial charge in [0.15, 0.2) is 23.2 Å². The molecule has 9 heteroatoms. The molecule has 0 amide bonds. The fourth-order valence-corrected chi connectivity index (χ4v) is 1.35. The number of amidine groups is 1. The zero-order valence-electron chi connectivity index (χ0n) is 10.0. The zero-order valence-corrected chi connectivity index (χ0v) is 10.0. The number of rotatable bonds is 5. The Kier molecular flexibility index (Phi) is 5.12. The normalized spacial score (nSPS) is 12.6. The lowest BCUT2D eigenvalue weighted by atomic mass is 10.2. The predicted molar refractivity (Wildman–Crippen MR) is 59.7 cm³/mol. The number of benzene rings is 1. The largest absolute Gasteiger partial charge is 0.488 e. The van der Waals surface area contributed by atoms with Gasteiger partial charge in [-0.2, -0.15) is 13.2 Å². The lowest BCUT2D eigenvalue weighted by molar-refractivity contribution is -0.136. The smallest absolute Gasteiger partial charge is 0.389 e. The summed E-state index contributed by atoms with van der Waals surface area (Å²) in [4.78, 5) is 0. The van der Waals surface area contributed by atoms with Gasteiger partial charge in [-0.05, 0) is 18.6 Å². The summed E-state index contributed by atoms with van der Waals surface area (Å²) in [5.74, 6) is -3.62. The Hall–Kier alpha value is -2.06. The average molecular weight is 298 g/mol. The maximum atomic E-state index is 13.5. The maximum Gasteiger partial charge on any atom is 0.389 e. The van der Waals surface area contributed by atoms with Crippen LogP contribution in [0.15, 0.2) is 17.3 Å². The number of nitrogens with zero attached hydrogens (tertiary/aromatic N) is 1. The third-order valence-electron chi connectivity index (χ3n) is 2.25.